The average molecular weight is 286 g/mol. The van der Waals surface area contributed by atoms with Crippen LogP contribution in [0, 0.1) is 45.9 Å². The molecule has 0 aliphatic heterocycles. The Kier molecular flexibility index (Phi) is 4.54. The first kappa shape index (κ1) is 15.3. The summed E-state index contributed by atoms with van der Waals surface area (Å²) in [5, 5.41) is 26.5. The molecule has 0 atom stereocenters. The van der Waals surface area contributed by atoms with Gasteiger partial charge in [0.15, 0.2) is 23.3 Å². The van der Waals surface area contributed by atoms with Gasteiger partial charge in [-0.05, 0) is 6.92 Å². The lowest BCUT2D eigenvalue weighted by Crippen LogP contribution is -2.08. The number of allylic oxidation sites excluding steroid dienone is 1. The van der Waals surface area contributed by atoms with Crippen LogP contribution in [-0.4, -0.2) is 11.7 Å². The molecule has 0 saturated carbocycles. The van der Waals surface area contributed by atoms with Gasteiger partial charge in [-0.25, -0.2) is 17.6 Å². The number of ether oxygens (including phenoxy) is 1. The molecule has 0 spiro atoms. The number of nitrogens with zero attached hydrogens (tertiary/aromatic N) is 2. The van der Waals surface area contributed by atoms with E-state index in [-0.39, 0.29) is 6.61 Å². The molecule has 0 fully saturated rings. The first-order valence-electron chi connectivity index (χ1n) is 5.13. The van der Waals surface area contributed by atoms with Gasteiger partial charge in [-0.15, -0.1) is 0 Å². The molecule has 4 nitrogen and oxygen atoms in total. The smallest absolute Gasteiger partial charge is 0.296 e. The number of nitriles is 2. The van der Waals surface area contributed by atoms with Crippen molar-refractivity contribution in [3.05, 3.63) is 40.3 Å². The van der Waals surface area contributed by atoms with Crippen molar-refractivity contribution in [3.8, 4) is 12.1 Å². The molecule has 0 saturated heterocycles. The lowest BCUT2D eigenvalue weighted by atomic mass is 10.0. The minimum absolute atomic E-state index is 0.151. The maximum atomic E-state index is 13.6. The van der Waals surface area contributed by atoms with E-state index in [1.165, 1.54) is 13.0 Å². The molecule has 1 rings (SSSR count). The molecule has 20 heavy (non-hydrogen) atoms. The van der Waals surface area contributed by atoms with E-state index in [1.807, 2.05) is 0 Å². The third-order valence-electron chi connectivity index (χ3n) is 2.23. The van der Waals surface area contributed by atoms with Crippen LogP contribution in [0.1, 0.15) is 18.1 Å². The van der Waals surface area contributed by atoms with Crippen molar-refractivity contribution in [2.75, 3.05) is 6.61 Å². The third-order valence-corrected chi connectivity index (χ3v) is 2.23. The van der Waals surface area contributed by atoms with Crippen LogP contribution in [0.5, 0.6) is 0 Å². The second kappa shape index (κ2) is 5.93. The molecule has 0 radical (unpaired) electrons. The van der Waals surface area contributed by atoms with E-state index < -0.39 is 45.9 Å². The van der Waals surface area contributed by atoms with Crippen LogP contribution in [0.2, 0.25) is 0 Å². The number of aliphatic hydroxyl groups is 1. The standard InChI is InChI=1S/C12H6F4N2O2/c1-2-20-12(19)5(3-17)7-10(15)8(13)6(4-18)9(14)11(7)16/h19H,2H2,1H3. The Morgan fingerprint density at radius 1 is 1.10 bits per heavy atom. The minimum Gasteiger partial charge on any atom is -0.480 e. The quantitative estimate of drug-likeness (QED) is 0.401. The van der Waals surface area contributed by atoms with E-state index in [0.29, 0.717) is 0 Å². The predicted octanol–water partition coefficient (Wildman–Crippen LogP) is 2.90. The van der Waals surface area contributed by atoms with Crippen molar-refractivity contribution < 1.29 is 27.4 Å². The Labute approximate surface area is 110 Å². The first-order chi connectivity index (χ1) is 9.40. The molecule has 0 amide bonds. The number of rotatable bonds is 3. The second-order valence-corrected chi connectivity index (χ2v) is 3.34. The van der Waals surface area contributed by atoms with Gasteiger partial charge in [0, 0.05) is 0 Å². The van der Waals surface area contributed by atoms with E-state index in [4.69, 9.17) is 10.5 Å². The fourth-order valence-electron chi connectivity index (χ4n) is 1.37. The summed E-state index contributed by atoms with van der Waals surface area (Å²) in [6.45, 7) is 1.25. The highest BCUT2D eigenvalue weighted by atomic mass is 19.2. The highest BCUT2D eigenvalue weighted by Crippen LogP contribution is 2.30. The summed E-state index contributed by atoms with van der Waals surface area (Å²) in [6, 6.07) is 2.15. The van der Waals surface area contributed by atoms with Crippen LogP contribution in [0.4, 0.5) is 17.6 Å². The van der Waals surface area contributed by atoms with Crippen LogP contribution in [0.25, 0.3) is 5.57 Å². The van der Waals surface area contributed by atoms with Gasteiger partial charge in [0.1, 0.15) is 23.3 Å². The molecule has 1 aromatic carbocycles. The number of hydrogen-bond acceptors (Lipinski definition) is 4. The van der Waals surface area contributed by atoms with Gasteiger partial charge >= 0.3 is 0 Å². The van der Waals surface area contributed by atoms with Crippen molar-refractivity contribution in [3.63, 3.8) is 0 Å². The van der Waals surface area contributed by atoms with Gasteiger partial charge in [0.25, 0.3) is 5.95 Å². The van der Waals surface area contributed by atoms with E-state index >= 15 is 0 Å². The molecule has 0 bridgehead atoms. The van der Waals surface area contributed by atoms with Crippen molar-refractivity contribution in [2.24, 2.45) is 0 Å². The van der Waals surface area contributed by atoms with E-state index in [9.17, 15) is 22.7 Å². The maximum Gasteiger partial charge on any atom is 0.296 e. The van der Waals surface area contributed by atoms with Crippen LogP contribution in [0.15, 0.2) is 5.95 Å². The Morgan fingerprint density at radius 2 is 1.60 bits per heavy atom. The molecular weight excluding hydrogens is 280 g/mol. The van der Waals surface area contributed by atoms with Gasteiger partial charge < -0.3 is 9.84 Å². The Balaban J connectivity index is 3.77. The molecule has 1 aromatic rings. The topological polar surface area (TPSA) is 77.0 Å². The van der Waals surface area contributed by atoms with Gasteiger partial charge in [0.05, 0.1) is 12.2 Å². The molecular formula is C12H6F4N2O2. The summed E-state index contributed by atoms with van der Waals surface area (Å²) >= 11 is 0. The van der Waals surface area contributed by atoms with Gasteiger partial charge in [-0.2, -0.15) is 10.5 Å². The van der Waals surface area contributed by atoms with E-state index in [2.05, 4.69) is 4.74 Å². The van der Waals surface area contributed by atoms with Crippen LogP contribution in [0.3, 0.4) is 0 Å². The Bertz CT molecular complexity index is 643. The Morgan fingerprint density at radius 3 is 1.95 bits per heavy atom. The number of halogens is 4. The number of benzene rings is 1. The van der Waals surface area contributed by atoms with E-state index in [0.717, 1.165) is 6.07 Å². The van der Waals surface area contributed by atoms with Crippen molar-refractivity contribution in [1.29, 1.82) is 10.5 Å². The van der Waals surface area contributed by atoms with Crippen LogP contribution >= 0.6 is 0 Å². The lowest BCUT2D eigenvalue weighted by Gasteiger charge is -2.09. The molecule has 0 aromatic heterocycles. The first-order valence-corrected chi connectivity index (χ1v) is 5.13. The molecule has 1 N–H and O–H groups in total. The number of hydrogen-bond donors (Lipinski definition) is 1. The van der Waals surface area contributed by atoms with Crippen molar-refractivity contribution >= 4 is 5.57 Å². The van der Waals surface area contributed by atoms with E-state index in [1.54, 1.807) is 0 Å². The normalized spacial score (nSPS) is 11.3. The zero-order valence-corrected chi connectivity index (χ0v) is 9.97. The average Bonchev–Trinajstić information content (AvgIpc) is 2.42. The summed E-state index contributed by atoms with van der Waals surface area (Å²) < 4.78 is 58.5. The van der Waals surface area contributed by atoms with Crippen LogP contribution < -0.4 is 0 Å². The molecule has 0 aliphatic carbocycles. The summed E-state index contributed by atoms with van der Waals surface area (Å²) in [5.41, 5.74) is -4.02. The summed E-state index contributed by atoms with van der Waals surface area (Å²) in [4.78, 5) is 0. The monoisotopic (exact) mass is 286 g/mol. The molecule has 0 aliphatic rings. The minimum atomic E-state index is -1.97. The van der Waals surface area contributed by atoms with Gasteiger partial charge in [0.2, 0.25) is 0 Å². The van der Waals surface area contributed by atoms with Crippen LogP contribution in [-0.2, 0) is 4.74 Å². The molecule has 8 heteroatoms. The largest absolute Gasteiger partial charge is 0.480 e. The predicted molar refractivity (Wildman–Crippen MR) is 57.8 cm³/mol. The Hall–Kier alpha value is -2.74. The van der Waals surface area contributed by atoms with Crippen molar-refractivity contribution in [1.82, 2.24) is 0 Å². The summed E-state index contributed by atoms with van der Waals surface area (Å²) in [6.07, 6.45) is 0. The molecule has 0 unspecified atom stereocenters. The third kappa shape index (κ3) is 2.36. The van der Waals surface area contributed by atoms with Gasteiger partial charge in [-0.1, -0.05) is 0 Å². The highest BCUT2D eigenvalue weighted by Gasteiger charge is 2.29. The fourth-order valence-corrected chi connectivity index (χ4v) is 1.37. The zero-order valence-electron chi connectivity index (χ0n) is 9.97. The lowest BCUT2D eigenvalue weighted by molar-refractivity contribution is 0.105. The van der Waals surface area contributed by atoms with Crippen molar-refractivity contribution in [2.45, 2.75) is 6.92 Å². The summed E-state index contributed by atoms with van der Waals surface area (Å²) in [5.74, 6) is -9.04. The molecule has 104 valence electrons. The number of aliphatic hydroxyl groups excluding tert-OH is 1. The fraction of sp³-hybridized carbons (Fsp3) is 0.167. The molecule has 0 heterocycles. The SMILES string of the molecule is CCOC(O)=C(C#N)c1c(F)c(F)c(C#N)c(F)c1F. The second-order valence-electron chi connectivity index (χ2n) is 3.34. The summed E-state index contributed by atoms with van der Waals surface area (Å²) in [7, 11) is 0. The van der Waals surface area contributed by atoms with Gasteiger partial charge in [-0.3, -0.25) is 0 Å². The maximum absolute atomic E-state index is 13.6. The highest BCUT2D eigenvalue weighted by molar-refractivity contribution is 5.78. The zero-order chi connectivity index (χ0) is 15.4.